The third-order valence-corrected chi connectivity index (χ3v) is 3.87. The number of nitrogens with one attached hydrogen (secondary N) is 1. The third-order valence-electron chi connectivity index (χ3n) is 3.87. The molecule has 1 N–H and O–H groups in total. The molecule has 0 saturated heterocycles. The second-order valence-electron chi connectivity index (χ2n) is 4.83. The highest BCUT2D eigenvalue weighted by Gasteiger charge is 2.46. The van der Waals surface area contributed by atoms with Crippen LogP contribution in [0.2, 0.25) is 0 Å². The van der Waals surface area contributed by atoms with E-state index in [-0.39, 0.29) is 0 Å². The fraction of sp³-hybridized carbons (Fsp3) is 1.00. The topological polar surface area (TPSA) is 12.0 Å². The summed E-state index contributed by atoms with van der Waals surface area (Å²) >= 11 is 0. The van der Waals surface area contributed by atoms with Gasteiger partial charge >= 0.3 is 0 Å². The molecule has 0 spiro atoms. The van der Waals surface area contributed by atoms with Crippen molar-refractivity contribution in [3.63, 3.8) is 0 Å². The molecule has 0 aromatic rings. The van der Waals surface area contributed by atoms with Crippen molar-refractivity contribution in [3.8, 4) is 0 Å². The third kappa shape index (κ3) is 1.66. The van der Waals surface area contributed by atoms with Crippen molar-refractivity contribution >= 4 is 0 Å². The van der Waals surface area contributed by atoms with Crippen molar-refractivity contribution in [3.05, 3.63) is 0 Å². The molecule has 2 fully saturated rings. The van der Waals surface area contributed by atoms with E-state index in [2.05, 4.69) is 19.2 Å². The Labute approximate surface area is 75.9 Å². The Morgan fingerprint density at radius 3 is 2.50 bits per heavy atom. The molecular formula is C11H21N. The molecule has 1 atom stereocenters. The van der Waals surface area contributed by atoms with Crippen molar-refractivity contribution in [2.75, 3.05) is 6.54 Å². The van der Waals surface area contributed by atoms with Crippen LogP contribution in [-0.2, 0) is 0 Å². The lowest BCUT2D eigenvalue weighted by molar-refractivity contribution is 0.306. The average molecular weight is 167 g/mol. The fourth-order valence-corrected chi connectivity index (χ4v) is 2.07. The largest absolute Gasteiger partial charge is 0.313 e. The average Bonchev–Trinajstić information content (AvgIpc) is 2.93. The maximum absolute atomic E-state index is 3.67. The molecule has 2 saturated carbocycles. The van der Waals surface area contributed by atoms with E-state index in [9.17, 15) is 0 Å². The normalized spacial score (nSPS) is 28.5. The van der Waals surface area contributed by atoms with Crippen LogP contribution >= 0.6 is 0 Å². The first-order chi connectivity index (χ1) is 5.77. The highest BCUT2D eigenvalue weighted by Crippen LogP contribution is 2.52. The van der Waals surface area contributed by atoms with Crippen LogP contribution in [0.5, 0.6) is 0 Å². The molecule has 70 valence electrons. The summed E-state index contributed by atoms with van der Waals surface area (Å²) in [5, 5.41) is 3.67. The first-order valence-electron chi connectivity index (χ1n) is 5.50. The summed E-state index contributed by atoms with van der Waals surface area (Å²) in [4.78, 5) is 0. The first kappa shape index (κ1) is 8.55. The van der Waals surface area contributed by atoms with Crippen molar-refractivity contribution in [1.29, 1.82) is 0 Å². The Bertz CT molecular complexity index is 156. The minimum atomic E-state index is 0.720. The van der Waals surface area contributed by atoms with Crippen molar-refractivity contribution < 1.29 is 0 Å². The summed E-state index contributed by atoms with van der Waals surface area (Å²) in [5.74, 6) is 0.934. The molecule has 0 aromatic heterocycles. The lowest BCUT2D eigenvalue weighted by Gasteiger charge is -2.22. The van der Waals surface area contributed by atoms with E-state index in [1.54, 1.807) is 0 Å². The van der Waals surface area contributed by atoms with Gasteiger partial charge in [-0.25, -0.2) is 0 Å². The minimum absolute atomic E-state index is 0.720. The molecule has 0 aliphatic heterocycles. The Balaban J connectivity index is 1.75. The van der Waals surface area contributed by atoms with E-state index in [0.29, 0.717) is 0 Å². The van der Waals surface area contributed by atoms with E-state index in [1.165, 1.54) is 38.6 Å². The van der Waals surface area contributed by atoms with Gasteiger partial charge in [0.2, 0.25) is 0 Å². The van der Waals surface area contributed by atoms with E-state index < -0.39 is 0 Å². The summed E-state index contributed by atoms with van der Waals surface area (Å²) < 4.78 is 0. The van der Waals surface area contributed by atoms with Crippen LogP contribution in [0.1, 0.15) is 46.0 Å². The van der Waals surface area contributed by atoms with E-state index in [4.69, 9.17) is 0 Å². The van der Waals surface area contributed by atoms with Gasteiger partial charge in [-0.1, -0.05) is 20.3 Å². The van der Waals surface area contributed by atoms with Crippen molar-refractivity contribution in [2.45, 2.75) is 52.0 Å². The van der Waals surface area contributed by atoms with Gasteiger partial charge in [0.25, 0.3) is 0 Å². The molecule has 0 radical (unpaired) electrons. The summed E-state index contributed by atoms with van der Waals surface area (Å²) in [6.07, 6.45) is 7.16. The maximum Gasteiger partial charge on any atom is 0.00684 e. The van der Waals surface area contributed by atoms with Crippen LogP contribution in [0.25, 0.3) is 0 Å². The lowest BCUT2D eigenvalue weighted by atomic mass is 9.88. The van der Waals surface area contributed by atoms with Crippen LogP contribution in [0.3, 0.4) is 0 Å². The molecule has 12 heavy (non-hydrogen) atoms. The Morgan fingerprint density at radius 2 is 2.08 bits per heavy atom. The van der Waals surface area contributed by atoms with Crippen molar-refractivity contribution in [2.24, 2.45) is 11.3 Å². The maximum atomic E-state index is 3.67. The Morgan fingerprint density at radius 1 is 1.42 bits per heavy atom. The van der Waals surface area contributed by atoms with Gasteiger partial charge in [0.05, 0.1) is 0 Å². The predicted octanol–water partition coefficient (Wildman–Crippen LogP) is 2.56. The smallest absolute Gasteiger partial charge is 0.00684 e. The highest BCUT2D eigenvalue weighted by molar-refractivity contribution is 4.99. The first-order valence-corrected chi connectivity index (χ1v) is 5.50. The highest BCUT2D eigenvalue weighted by atomic mass is 15.0. The minimum Gasteiger partial charge on any atom is -0.313 e. The molecule has 2 aliphatic rings. The molecule has 0 amide bonds. The Kier molecular flexibility index (Phi) is 2.16. The number of hydrogen-bond donors (Lipinski definition) is 1. The predicted molar refractivity (Wildman–Crippen MR) is 52.1 cm³/mol. The summed E-state index contributed by atoms with van der Waals surface area (Å²) in [5.41, 5.74) is 0.720. The van der Waals surface area contributed by atoms with Gasteiger partial charge in [-0.15, -0.1) is 0 Å². The SMILES string of the molecule is CCC(C)C1(CNC2CC2)CC1. The second kappa shape index (κ2) is 3.02. The van der Waals surface area contributed by atoms with Gasteiger partial charge in [0, 0.05) is 12.6 Å². The second-order valence-corrected chi connectivity index (χ2v) is 4.83. The number of rotatable bonds is 5. The van der Waals surface area contributed by atoms with Crippen molar-refractivity contribution in [1.82, 2.24) is 5.32 Å². The zero-order chi connectivity index (χ0) is 8.60. The summed E-state index contributed by atoms with van der Waals surface area (Å²) in [6, 6.07) is 0.895. The van der Waals surface area contributed by atoms with Crippen LogP contribution in [0, 0.1) is 11.3 Å². The molecule has 2 aliphatic carbocycles. The van der Waals surface area contributed by atoms with Crippen LogP contribution in [0.15, 0.2) is 0 Å². The van der Waals surface area contributed by atoms with Crippen LogP contribution < -0.4 is 5.32 Å². The lowest BCUT2D eigenvalue weighted by Crippen LogP contribution is -2.29. The molecule has 0 aromatic carbocycles. The van der Waals surface area contributed by atoms with E-state index in [0.717, 1.165) is 17.4 Å². The van der Waals surface area contributed by atoms with Gasteiger partial charge in [-0.05, 0) is 37.0 Å². The molecule has 1 unspecified atom stereocenters. The Hall–Kier alpha value is -0.0400. The fourth-order valence-electron chi connectivity index (χ4n) is 2.07. The monoisotopic (exact) mass is 167 g/mol. The van der Waals surface area contributed by atoms with Gasteiger partial charge in [0.1, 0.15) is 0 Å². The van der Waals surface area contributed by atoms with Gasteiger partial charge in [0.15, 0.2) is 0 Å². The molecule has 2 rings (SSSR count). The molecule has 0 bridgehead atoms. The zero-order valence-corrected chi connectivity index (χ0v) is 8.40. The molecule has 1 heteroatoms. The molecule has 1 nitrogen and oxygen atoms in total. The summed E-state index contributed by atoms with van der Waals surface area (Å²) in [7, 11) is 0. The molecule has 0 heterocycles. The van der Waals surface area contributed by atoms with Gasteiger partial charge in [-0.3, -0.25) is 0 Å². The van der Waals surface area contributed by atoms with Gasteiger partial charge in [-0.2, -0.15) is 0 Å². The summed E-state index contributed by atoms with van der Waals surface area (Å²) in [6.45, 7) is 6.04. The van der Waals surface area contributed by atoms with Crippen LogP contribution in [0.4, 0.5) is 0 Å². The molecular weight excluding hydrogens is 146 g/mol. The zero-order valence-electron chi connectivity index (χ0n) is 8.40. The van der Waals surface area contributed by atoms with Crippen LogP contribution in [-0.4, -0.2) is 12.6 Å². The van der Waals surface area contributed by atoms with Gasteiger partial charge < -0.3 is 5.32 Å². The number of hydrogen-bond acceptors (Lipinski definition) is 1. The van der Waals surface area contributed by atoms with E-state index >= 15 is 0 Å². The standard InChI is InChI=1S/C11H21N/c1-3-9(2)11(6-7-11)8-12-10-4-5-10/h9-10,12H,3-8H2,1-2H3. The van der Waals surface area contributed by atoms with E-state index in [1.807, 2.05) is 0 Å². The quantitative estimate of drug-likeness (QED) is 0.663.